The first-order valence-electron chi connectivity index (χ1n) is 10.3. The van der Waals surface area contributed by atoms with E-state index in [4.69, 9.17) is 16.3 Å². The molecule has 0 saturated heterocycles. The molecule has 4 rings (SSSR count). The Morgan fingerprint density at radius 2 is 2.00 bits per heavy atom. The van der Waals surface area contributed by atoms with Crippen molar-refractivity contribution in [3.05, 3.63) is 44.0 Å². The first-order valence-corrected chi connectivity index (χ1v) is 13.5. The van der Waals surface area contributed by atoms with E-state index in [2.05, 4.69) is 10.3 Å². The maximum absolute atomic E-state index is 12.5. The molecular weight excluding hydrogens is 502 g/mol. The van der Waals surface area contributed by atoms with Crippen molar-refractivity contribution in [2.75, 3.05) is 23.9 Å². The second kappa shape index (κ2) is 10.4. The van der Waals surface area contributed by atoms with Gasteiger partial charge < -0.3 is 14.6 Å². The van der Waals surface area contributed by atoms with Crippen molar-refractivity contribution in [1.29, 1.82) is 0 Å². The molecule has 0 radical (unpaired) electrons. The summed E-state index contributed by atoms with van der Waals surface area (Å²) in [6.07, 6.45) is 3.82. The number of nitrogens with one attached hydrogen (secondary N) is 1. The third kappa shape index (κ3) is 5.34. The second-order valence-corrected chi connectivity index (χ2v) is 11.0. The average Bonchev–Trinajstić information content (AvgIpc) is 3.29. The Labute approximate surface area is 207 Å². The van der Waals surface area contributed by atoms with E-state index in [1.54, 1.807) is 6.07 Å². The molecule has 11 heteroatoms. The Bertz CT molecular complexity index is 1310. The van der Waals surface area contributed by atoms with Crippen molar-refractivity contribution in [1.82, 2.24) is 4.57 Å². The van der Waals surface area contributed by atoms with Crippen molar-refractivity contribution in [2.45, 2.75) is 25.7 Å². The molecule has 0 fully saturated rings. The topological polar surface area (TPSA) is 89.8 Å². The van der Waals surface area contributed by atoms with Gasteiger partial charge in [-0.2, -0.15) is 4.99 Å². The molecule has 0 atom stereocenters. The molecule has 2 aromatic heterocycles. The SMILES string of the molecule is COC(=O)c1c(NC(=O)CSCC(=O)N=c2sc3cc(Cl)ccc3n2C)sc2c1CCCC2. The van der Waals surface area contributed by atoms with Crippen LogP contribution in [0.3, 0.4) is 0 Å². The normalized spacial score (nSPS) is 13.7. The summed E-state index contributed by atoms with van der Waals surface area (Å²) in [7, 11) is 3.19. The summed E-state index contributed by atoms with van der Waals surface area (Å²) in [6, 6.07) is 5.53. The number of thiazole rings is 1. The van der Waals surface area contributed by atoms with Crippen LogP contribution in [-0.2, 0) is 34.2 Å². The highest BCUT2D eigenvalue weighted by molar-refractivity contribution is 8.00. The van der Waals surface area contributed by atoms with Crippen LogP contribution in [-0.4, -0.2) is 41.0 Å². The number of anilines is 1. The molecule has 0 unspecified atom stereocenters. The van der Waals surface area contributed by atoms with Gasteiger partial charge in [-0.3, -0.25) is 9.59 Å². The lowest BCUT2D eigenvalue weighted by Gasteiger charge is -2.11. The fraction of sp³-hybridized carbons (Fsp3) is 0.364. The molecule has 174 valence electrons. The summed E-state index contributed by atoms with van der Waals surface area (Å²) in [5, 5.41) is 4.00. The molecule has 2 heterocycles. The van der Waals surface area contributed by atoms with Crippen LogP contribution in [0, 0.1) is 0 Å². The number of aromatic nitrogens is 1. The van der Waals surface area contributed by atoms with Crippen molar-refractivity contribution in [2.24, 2.45) is 12.0 Å². The van der Waals surface area contributed by atoms with Crippen LogP contribution in [0.15, 0.2) is 23.2 Å². The van der Waals surface area contributed by atoms with Gasteiger partial charge in [0.1, 0.15) is 5.00 Å². The number of nitrogens with zero attached hydrogens (tertiary/aromatic N) is 2. The first-order chi connectivity index (χ1) is 15.9. The minimum absolute atomic E-state index is 0.0766. The third-order valence-corrected chi connectivity index (χ3v) is 8.72. The first kappa shape index (κ1) is 24.0. The predicted molar refractivity (Wildman–Crippen MR) is 135 cm³/mol. The number of amides is 2. The molecule has 3 aromatic rings. The number of esters is 1. The van der Waals surface area contributed by atoms with Crippen LogP contribution in [0.4, 0.5) is 5.00 Å². The molecule has 0 spiro atoms. The highest BCUT2D eigenvalue weighted by Gasteiger charge is 2.26. The lowest BCUT2D eigenvalue weighted by molar-refractivity contribution is -0.115. The van der Waals surface area contributed by atoms with Crippen LogP contribution in [0.1, 0.15) is 33.6 Å². The van der Waals surface area contributed by atoms with Gasteiger partial charge in [-0.1, -0.05) is 22.9 Å². The number of fused-ring (bicyclic) bond motifs is 2. The monoisotopic (exact) mass is 523 g/mol. The molecule has 1 aromatic carbocycles. The summed E-state index contributed by atoms with van der Waals surface area (Å²) in [5.74, 6) is -0.850. The largest absolute Gasteiger partial charge is 0.465 e. The zero-order chi connectivity index (χ0) is 23.5. The van der Waals surface area contributed by atoms with Gasteiger partial charge in [-0.15, -0.1) is 23.1 Å². The summed E-state index contributed by atoms with van der Waals surface area (Å²) in [5.41, 5.74) is 2.41. The van der Waals surface area contributed by atoms with Crippen molar-refractivity contribution in [3.8, 4) is 0 Å². The number of halogens is 1. The summed E-state index contributed by atoms with van der Waals surface area (Å²) in [4.78, 5) is 43.0. The molecule has 0 bridgehead atoms. The van der Waals surface area contributed by atoms with Crippen LogP contribution < -0.4 is 10.1 Å². The maximum atomic E-state index is 12.5. The highest BCUT2D eigenvalue weighted by Crippen LogP contribution is 2.38. The van der Waals surface area contributed by atoms with Gasteiger partial charge in [0, 0.05) is 16.9 Å². The van der Waals surface area contributed by atoms with Crippen molar-refractivity contribution < 1.29 is 19.1 Å². The molecule has 1 aliphatic carbocycles. The number of carbonyl (C=O) groups excluding carboxylic acids is 3. The number of hydrogen-bond donors (Lipinski definition) is 1. The summed E-state index contributed by atoms with van der Waals surface area (Å²) >= 11 is 10.1. The fourth-order valence-electron chi connectivity index (χ4n) is 3.72. The number of methoxy groups -OCH3 is 1. The van der Waals surface area contributed by atoms with Gasteiger partial charge >= 0.3 is 5.97 Å². The summed E-state index contributed by atoms with van der Waals surface area (Å²) in [6.45, 7) is 0. The Balaban J connectivity index is 1.38. The fourth-order valence-corrected chi connectivity index (χ4v) is 6.92. The van der Waals surface area contributed by atoms with Crippen molar-refractivity contribution in [3.63, 3.8) is 0 Å². The van der Waals surface area contributed by atoms with E-state index >= 15 is 0 Å². The smallest absolute Gasteiger partial charge is 0.341 e. The van der Waals surface area contributed by atoms with Gasteiger partial charge in [0.05, 0.1) is 34.4 Å². The summed E-state index contributed by atoms with van der Waals surface area (Å²) < 4.78 is 7.73. The Morgan fingerprint density at radius 3 is 2.79 bits per heavy atom. The number of ether oxygens (including phenoxy) is 1. The minimum atomic E-state index is -0.427. The average molecular weight is 524 g/mol. The number of carbonyl (C=O) groups is 3. The molecule has 7 nitrogen and oxygen atoms in total. The number of thiophene rings is 1. The Hall–Kier alpha value is -2.14. The molecular formula is C22H22ClN3O4S3. The van der Waals surface area contributed by atoms with E-state index in [9.17, 15) is 14.4 Å². The third-order valence-electron chi connectivity index (χ3n) is 5.26. The molecule has 0 saturated carbocycles. The van der Waals surface area contributed by atoms with E-state index in [-0.39, 0.29) is 23.3 Å². The maximum Gasteiger partial charge on any atom is 0.341 e. The molecule has 33 heavy (non-hydrogen) atoms. The number of benzene rings is 1. The number of thioether (sulfide) groups is 1. The standard InChI is InChI=1S/C22H22ClN3O4S3/c1-26-14-8-7-12(23)9-16(14)33-22(26)25-18(28)11-31-10-17(27)24-20-19(21(29)30-2)13-5-3-4-6-15(13)32-20/h7-9H,3-6,10-11H2,1-2H3,(H,24,27). The van der Waals surface area contributed by atoms with Crippen LogP contribution in [0.25, 0.3) is 10.2 Å². The molecule has 1 N–H and O–H groups in total. The minimum Gasteiger partial charge on any atom is -0.465 e. The van der Waals surface area contributed by atoms with Crippen LogP contribution in [0.2, 0.25) is 5.02 Å². The highest BCUT2D eigenvalue weighted by atomic mass is 35.5. The quantitative estimate of drug-likeness (QED) is 0.483. The number of rotatable bonds is 6. The Kier molecular flexibility index (Phi) is 7.58. The van der Waals surface area contributed by atoms with E-state index in [0.29, 0.717) is 20.4 Å². The van der Waals surface area contributed by atoms with E-state index < -0.39 is 5.97 Å². The van der Waals surface area contributed by atoms with Gasteiger partial charge in [-0.05, 0) is 49.4 Å². The van der Waals surface area contributed by atoms with Crippen LogP contribution in [0.5, 0.6) is 0 Å². The zero-order valence-electron chi connectivity index (χ0n) is 18.1. The molecule has 0 aliphatic heterocycles. The van der Waals surface area contributed by atoms with Gasteiger partial charge in [0.25, 0.3) is 5.91 Å². The lowest BCUT2D eigenvalue weighted by Crippen LogP contribution is -2.18. The second-order valence-electron chi connectivity index (χ2n) is 7.51. The molecule has 1 aliphatic rings. The van der Waals surface area contributed by atoms with E-state index in [1.807, 2.05) is 23.7 Å². The number of hydrogen-bond acceptors (Lipinski definition) is 7. The predicted octanol–water partition coefficient (Wildman–Crippen LogP) is 4.42. The lowest BCUT2D eigenvalue weighted by atomic mass is 9.95. The van der Waals surface area contributed by atoms with Crippen molar-refractivity contribution >= 4 is 79.0 Å². The zero-order valence-corrected chi connectivity index (χ0v) is 21.3. The van der Waals surface area contributed by atoms with Gasteiger partial charge in [0.2, 0.25) is 5.91 Å². The number of aryl methyl sites for hydroxylation is 2. The Morgan fingerprint density at radius 1 is 1.21 bits per heavy atom. The van der Waals surface area contributed by atoms with E-state index in [0.717, 1.165) is 46.3 Å². The molecule has 2 amide bonds. The van der Waals surface area contributed by atoms with E-state index in [1.165, 1.54) is 41.5 Å². The van der Waals surface area contributed by atoms with Gasteiger partial charge in [-0.25, -0.2) is 4.79 Å². The van der Waals surface area contributed by atoms with Crippen LogP contribution >= 0.6 is 46.0 Å². The van der Waals surface area contributed by atoms with Gasteiger partial charge in [0.15, 0.2) is 4.80 Å².